The average Bonchev–Trinajstić information content (AvgIpc) is 2.98. The predicted molar refractivity (Wildman–Crippen MR) is 111 cm³/mol. The highest BCUT2D eigenvalue weighted by molar-refractivity contribution is 9.10. The van der Waals surface area contributed by atoms with Crippen LogP contribution in [0, 0.1) is 0 Å². The molecule has 0 unspecified atom stereocenters. The molecular formula is C17H13BrF2N4S2. The Morgan fingerprint density at radius 2 is 2.00 bits per heavy atom. The summed E-state index contributed by atoms with van der Waals surface area (Å²) in [7, 11) is 0. The van der Waals surface area contributed by atoms with E-state index in [1.54, 1.807) is 30.5 Å². The van der Waals surface area contributed by atoms with E-state index in [0.717, 1.165) is 20.9 Å². The number of hydrogen-bond acceptors (Lipinski definition) is 3. The number of aromatic nitrogens is 1. The molecule has 3 rings (SSSR count). The van der Waals surface area contributed by atoms with Crippen LogP contribution in [0.4, 0.5) is 14.5 Å². The summed E-state index contributed by atoms with van der Waals surface area (Å²) in [5, 5.41) is 8.41. The van der Waals surface area contributed by atoms with Gasteiger partial charge < -0.3 is 10.3 Å². The fourth-order valence-electron chi connectivity index (χ4n) is 2.26. The van der Waals surface area contributed by atoms with Gasteiger partial charge in [-0.1, -0.05) is 27.7 Å². The number of benzene rings is 2. The normalized spacial score (nSPS) is 11.4. The lowest BCUT2D eigenvalue weighted by Gasteiger charge is -2.07. The number of hydrazone groups is 1. The van der Waals surface area contributed by atoms with E-state index in [1.165, 1.54) is 0 Å². The molecule has 0 aliphatic heterocycles. The van der Waals surface area contributed by atoms with Gasteiger partial charge in [-0.15, -0.1) is 0 Å². The second-order valence-corrected chi connectivity index (χ2v) is 7.55. The molecular weight excluding hydrogens is 442 g/mol. The number of halogens is 3. The molecule has 0 spiro atoms. The molecule has 4 nitrogen and oxygen atoms in total. The molecule has 3 N–H and O–H groups in total. The summed E-state index contributed by atoms with van der Waals surface area (Å²) in [5.41, 5.74) is 5.35. The van der Waals surface area contributed by atoms with Crippen molar-refractivity contribution in [2.45, 2.75) is 10.7 Å². The van der Waals surface area contributed by atoms with Gasteiger partial charge in [-0.3, -0.25) is 5.43 Å². The fraction of sp³-hybridized carbons (Fsp3) is 0.0588. The minimum Gasteiger partial charge on any atom is -0.361 e. The quantitative estimate of drug-likeness (QED) is 0.204. The van der Waals surface area contributed by atoms with Gasteiger partial charge in [-0.2, -0.15) is 13.9 Å². The van der Waals surface area contributed by atoms with E-state index in [2.05, 4.69) is 36.8 Å². The van der Waals surface area contributed by atoms with Crippen molar-refractivity contribution >= 4 is 67.8 Å². The molecule has 0 amide bonds. The zero-order valence-electron chi connectivity index (χ0n) is 13.2. The number of aromatic amines is 1. The first-order chi connectivity index (χ1) is 12.5. The zero-order valence-corrected chi connectivity index (χ0v) is 16.4. The number of anilines is 1. The van der Waals surface area contributed by atoms with Gasteiger partial charge in [0.15, 0.2) is 5.11 Å². The molecule has 0 saturated heterocycles. The first-order valence-corrected chi connectivity index (χ1v) is 9.51. The summed E-state index contributed by atoms with van der Waals surface area (Å²) in [6, 6.07) is 12.5. The van der Waals surface area contributed by atoms with Crippen molar-refractivity contribution < 1.29 is 8.78 Å². The van der Waals surface area contributed by atoms with Crippen LogP contribution in [0.3, 0.4) is 0 Å². The van der Waals surface area contributed by atoms with E-state index in [1.807, 2.05) is 24.4 Å². The molecule has 1 aromatic heterocycles. The van der Waals surface area contributed by atoms with Crippen molar-refractivity contribution in [2.24, 2.45) is 5.10 Å². The summed E-state index contributed by atoms with van der Waals surface area (Å²) in [6.45, 7) is 0. The van der Waals surface area contributed by atoms with Crippen molar-refractivity contribution in [1.82, 2.24) is 10.4 Å². The molecule has 1 heterocycles. The lowest BCUT2D eigenvalue weighted by Crippen LogP contribution is -2.23. The number of hydrogen-bond donors (Lipinski definition) is 3. The Kier molecular flexibility index (Phi) is 6.23. The number of alkyl halides is 2. The molecule has 0 atom stereocenters. The molecule has 3 aromatic rings. The third-order valence-electron chi connectivity index (χ3n) is 3.38. The van der Waals surface area contributed by atoms with Crippen molar-refractivity contribution in [3.63, 3.8) is 0 Å². The Morgan fingerprint density at radius 1 is 1.23 bits per heavy atom. The minimum absolute atomic E-state index is 0.302. The van der Waals surface area contributed by atoms with E-state index in [0.29, 0.717) is 27.5 Å². The lowest BCUT2D eigenvalue weighted by atomic mass is 10.2. The van der Waals surface area contributed by atoms with Crippen LogP contribution in [0.15, 0.2) is 63.1 Å². The summed E-state index contributed by atoms with van der Waals surface area (Å²) in [5.74, 6) is -2.43. The van der Waals surface area contributed by atoms with Crippen molar-refractivity contribution in [1.29, 1.82) is 0 Å². The zero-order chi connectivity index (χ0) is 18.5. The molecule has 0 bridgehead atoms. The van der Waals surface area contributed by atoms with Crippen LogP contribution in [0.5, 0.6) is 0 Å². The number of nitrogens with one attached hydrogen (secondary N) is 3. The van der Waals surface area contributed by atoms with Gasteiger partial charge in [-0.25, -0.2) is 0 Å². The maximum atomic E-state index is 12.3. The van der Waals surface area contributed by atoms with Gasteiger partial charge >= 0.3 is 0 Å². The highest BCUT2D eigenvalue weighted by Crippen LogP contribution is 2.26. The maximum absolute atomic E-state index is 12.3. The van der Waals surface area contributed by atoms with E-state index in [4.69, 9.17) is 12.2 Å². The number of H-pyrrole nitrogens is 1. The summed E-state index contributed by atoms with van der Waals surface area (Å²) in [4.78, 5) is 3.66. The summed E-state index contributed by atoms with van der Waals surface area (Å²) < 4.78 is 25.6. The second-order valence-electron chi connectivity index (χ2n) is 5.16. The standard InChI is InChI=1S/C17H13BrF2N4S2/c18-11-1-6-15-14(7-11)10(8-21-15)9-22-24-17(25)23-12-2-4-13(5-3-12)26-16(19)20/h1-9,16,21H,(H2,23,24,25)/b22-9-. The Bertz CT molecular complexity index is 942. The number of thiocarbonyl (C=S) groups is 1. The molecule has 0 radical (unpaired) electrons. The summed E-state index contributed by atoms with van der Waals surface area (Å²) in [6.07, 6.45) is 3.53. The minimum atomic E-state index is -2.43. The third-order valence-corrected chi connectivity index (χ3v) is 4.79. The summed E-state index contributed by atoms with van der Waals surface area (Å²) >= 11 is 9.12. The Labute approximate surface area is 166 Å². The van der Waals surface area contributed by atoms with Crippen LogP contribution in [-0.4, -0.2) is 22.1 Å². The third kappa shape index (κ3) is 5.03. The topological polar surface area (TPSA) is 52.2 Å². The van der Waals surface area contributed by atoms with E-state index in [-0.39, 0.29) is 0 Å². The Morgan fingerprint density at radius 3 is 2.73 bits per heavy atom. The Balaban J connectivity index is 1.58. The van der Waals surface area contributed by atoms with Crippen LogP contribution in [0.2, 0.25) is 0 Å². The molecule has 2 aromatic carbocycles. The molecule has 9 heteroatoms. The average molecular weight is 455 g/mol. The second kappa shape index (κ2) is 8.61. The van der Waals surface area contributed by atoms with Gasteiger partial charge in [0.2, 0.25) is 0 Å². The van der Waals surface area contributed by atoms with Crippen LogP contribution in [0.25, 0.3) is 10.9 Å². The largest absolute Gasteiger partial charge is 0.361 e. The molecule has 134 valence electrons. The lowest BCUT2D eigenvalue weighted by molar-refractivity contribution is 0.252. The van der Waals surface area contributed by atoms with Crippen LogP contribution in [0.1, 0.15) is 5.56 Å². The van der Waals surface area contributed by atoms with Crippen LogP contribution < -0.4 is 10.7 Å². The molecule has 26 heavy (non-hydrogen) atoms. The SMILES string of the molecule is FC(F)Sc1ccc(NC(=S)N/N=C\c2c[nH]c3ccc(Br)cc23)cc1. The first kappa shape index (κ1) is 18.8. The van der Waals surface area contributed by atoms with Gasteiger partial charge in [0.25, 0.3) is 5.76 Å². The van der Waals surface area contributed by atoms with Gasteiger partial charge in [0.1, 0.15) is 0 Å². The highest BCUT2D eigenvalue weighted by Gasteiger charge is 2.05. The van der Waals surface area contributed by atoms with Crippen LogP contribution >= 0.6 is 39.9 Å². The molecule has 0 fully saturated rings. The predicted octanol–water partition coefficient (Wildman–Crippen LogP) is 5.57. The Hall–Kier alpha value is -1.97. The van der Waals surface area contributed by atoms with Gasteiger partial charge in [-0.05, 0) is 54.7 Å². The smallest absolute Gasteiger partial charge is 0.288 e. The monoisotopic (exact) mass is 454 g/mol. The molecule has 0 aliphatic carbocycles. The van der Waals surface area contributed by atoms with Crippen molar-refractivity contribution in [3.8, 4) is 0 Å². The number of rotatable bonds is 5. The highest BCUT2D eigenvalue weighted by atomic mass is 79.9. The maximum Gasteiger partial charge on any atom is 0.288 e. The molecule has 0 saturated carbocycles. The fourth-order valence-corrected chi connectivity index (χ4v) is 3.29. The first-order valence-electron chi connectivity index (χ1n) is 7.43. The van der Waals surface area contributed by atoms with Gasteiger partial charge in [0, 0.05) is 37.7 Å². The van der Waals surface area contributed by atoms with Crippen molar-refractivity contribution in [2.75, 3.05) is 5.32 Å². The van der Waals surface area contributed by atoms with E-state index in [9.17, 15) is 8.78 Å². The molecule has 0 aliphatic rings. The van der Waals surface area contributed by atoms with Crippen LogP contribution in [-0.2, 0) is 0 Å². The van der Waals surface area contributed by atoms with Gasteiger partial charge in [0.05, 0.1) is 6.21 Å². The van der Waals surface area contributed by atoms with Crippen molar-refractivity contribution in [3.05, 3.63) is 58.7 Å². The number of fused-ring (bicyclic) bond motifs is 1. The number of nitrogens with zero attached hydrogens (tertiary/aromatic N) is 1. The van der Waals surface area contributed by atoms with E-state index < -0.39 is 5.76 Å². The van der Waals surface area contributed by atoms with E-state index >= 15 is 0 Å². The number of thioether (sulfide) groups is 1.